The van der Waals surface area contributed by atoms with Crippen molar-refractivity contribution in [3.8, 4) is 0 Å². The Bertz CT molecular complexity index is 1120. The van der Waals surface area contributed by atoms with E-state index in [0.717, 1.165) is 16.8 Å². The van der Waals surface area contributed by atoms with Crippen molar-refractivity contribution in [3.05, 3.63) is 78.3 Å². The Morgan fingerprint density at radius 3 is 2.69 bits per heavy atom. The Morgan fingerprint density at radius 1 is 1.14 bits per heavy atom. The number of carbonyl (C=O) groups excluding carboxylic acids is 1. The second-order valence-corrected chi connectivity index (χ2v) is 6.78. The topological polar surface area (TPSA) is 76.2 Å². The Kier molecular flexibility index (Phi) is 5.11. The lowest BCUT2D eigenvalue weighted by Crippen LogP contribution is -2.14. The van der Waals surface area contributed by atoms with Crippen LogP contribution in [-0.4, -0.2) is 34.8 Å². The molecule has 0 bridgehead atoms. The van der Waals surface area contributed by atoms with Crippen molar-refractivity contribution < 1.29 is 9.21 Å². The number of oxazole rings is 1. The molecule has 0 aliphatic heterocycles. The molecular formula is C22H21N5O2. The molecule has 7 heteroatoms. The smallest absolute Gasteiger partial charge is 0.249 e. The van der Waals surface area contributed by atoms with Crippen molar-refractivity contribution >= 4 is 34.6 Å². The first-order chi connectivity index (χ1) is 14.1. The molecule has 0 saturated carbocycles. The van der Waals surface area contributed by atoms with Gasteiger partial charge in [-0.1, -0.05) is 24.3 Å². The van der Waals surface area contributed by atoms with Crippen LogP contribution in [0.5, 0.6) is 0 Å². The second kappa shape index (κ2) is 8.02. The van der Waals surface area contributed by atoms with Crippen molar-refractivity contribution in [2.24, 2.45) is 0 Å². The van der Waals surface area contributed by atoms with E-state index in [1.165, 1.54) is 6.08 Å². The molecule has 0 aliphatic carbocycles. The summed E-state index contributed by atoms with van der Waals surface area (Å²) in [4.78, 5) is 18.7. The molecule has 29 heavy (non-hydrogen) atoms. The molecule has 0 saturated heterocycles. The number of fused-ring (bicyclic) bond motifs is 1. The zero-order chi connectivity index (χ0) is 20.2. The number of hydrogen-bond acceptors (Lipinski definition) is 5. The second-order valence-electron chi connectivity index (χ2n) is 6.78. The highest BCUT2D eigenvalue weighted by molar-refractivity contribution is 6.01. The summed E-state index contributed by atoms with van der Waals surface area (Å²) < 4.78 is 7.33. The van der Waals surface area contributed by atoms with Gasteiger partial charge in [0.2, 0.25) is 11.8 Å². The van der Waals surface area contributed by atoms with Gasteiger partial charge in [0.25, 0.3) is 0 Å². The van der Waals surface area contributed by atoms with Gasteiger partial charge in [0, 0.05) is 38.0 Å². The van der Waals surface area contributed by atoms with Crippen LogP contribution < -0.4 is 10.2 Å². The van der Waals surface area contributed by atoms with Crippen molar-refractivity contribution in [1.29, 1.82) is 0 Å². The molecule has 0 fully saturated rings. The van der Waals surface area contributed by atoms with Gasteiger partial charge in [-0.25, -0.2) is 9.67 Å². The number of hydrogen-bond donors (Lipinski definition) is 1. The molecule has 146 valence electrons. The highest BCUT2D eigenvalue weighted by atomic mass is 16.3. The number of para-hydroxylation sites is 2. The number of carbonyl (C=O) groups is 1. The number of rotatable bonds is 6. The standard InChI is InChI=1S/C22H21N5O2/c1-26(2)17-9-7-16(8-10-17)15-27-20(13-14-23-27)25-21(28)11-12-22-24-18-5-3-4-6-19(18)29-22/h3-14H,15H2,1-2H3,(H,25,28). The van der Waals surface area contributed by atoms with E-state index in [2.05, 4.69) is 39.7 Å². The van der Waals surface area contributed by atoms with Crippen LogP contribution in [0.15, 0.2) is 71.3 Å². The first kappa shape index (κ1) is 18.5. The molecule has 1 N–H and O–H groups in total. The summed E-state index contributed by atoms with van der Waals surface area (Å²) in [5, 5.41) is 7.15. The highest BCUT2D eigenvalue weighted by Gasteiger charge is 2.07. The van der Waals surface area contributed by atoms with Crippen molar-refractivity contribution in [3.63, 3.8) is 0 Å². The van der Waals surface area contributed by atoms with Gasteiger partial charge >= 0.3 is 0 Å². The molecule has 0 radical (unpaired) electrons. The molecule has 0 atom stereocenters. The van der Waals surface area contributed by atoms with Crippen molar-refractivity contribution in [2.45, 2.75) is 6.54 Å². The highest BCUT2D eigenvalue weighted by Crippen LogP contribution is 2.17. The van der Waals surface area contributed by atoms with Gasteiger partial charge in [-0.05, 0) is 29.8 Å². The summed E-state index contributed by atoms with van der Waals surface area (Å²) in [5.41, 5.74) is 3.67. The molecule has 2 heterocycles. The summed E-state index contributed by atoms with van der Waals surface area (Å²) in [5.74, 6) is 0.724. The molecule has 0 unspecified atom stereocenters. The Morgan fingerprint density at radius 2 is 1.93 bits per heavy atom. The molecular weight excluding hydrogens is 366 g/mol. The average Bonchev–Trinajstić information content (AvgIpc) is 3.33. The van der Waals surface area contributed by atoms with Gasteiger partial charge in [0.1, 0.15) is 11.3 Å². The number of anilines is 2. The minimum Gasteiger partial charge on any atom is -0.437 e. The third-order valence-electron chi connectivity index (χ3n) is 4.44. The van der Waals surface area contributed by atoms with Gasteiger partial charge in [-0.15, -0.1) is 0 Å². The van der Waals surface area contributed by atoms with Gasteiger partial charge in [0.05, 0.1) is 12.7 Å². The van der Waals surface area contributed by atoms with Crippen LogP contribution in [0.3, 0.4) is 0 Å². The van der Waals surface area contributed by atoms with E-state index in [9.17, 15) is 4.79 Å². The van der Waals surface area contributed by atoms with Gasteiger partial charge in [-0.3, -0.25) is 4.79 Å². The fourth-order valence-electron chi connectivity index (χ4n) is 2.91. The van der Waals surface area contributed by atoms with Crippen LogP contribution >= 0.6 is 0 Å². The van der Waals surface area contributed by atoms with E-state index in [4.69, 9.17) is 4.42 Å². The van der Waals surface area contributed by atoms with Gasteiger partial charge < -0.3 is 14.6 Å². The largest absolute Gasteiger partial charge is 0.437 e. The summed E-state index contributed by atoms with van der Waals surface area (Å²) in [6.45, 7) is 0.561. The van der Waals surface area contributed by atoms with Crippen LogP contribution in [-0.2, 0) is 11.3 Å². The molecule has 1 amide bonds. The minimum atomic E-state index is -0.281. The molecule has 2 aromatic heterocycles. The monoisotopic (exact) mass is 387 g/mol. The molecule has 0 aliphatic rings. The average molecular weight is 387 g/mol. The molecule has 7 nitrogen and oxygen atoms in total. The first-order valence-electron chi connectivity index (χ1n) is 9.21. The fourth-order valence-corrected chi connectivity index (χ4v) is 2.91. The predicted molar refractivity (Wildman–Crippen MR) is 114 cm³/mol. The summed E-state index contributed by atoms with van der Waals surface area (Å²) in [7, 11) is 4.01. The maximum absolute atomic E-state index is 12.3. The lowest BCUT2D eigenvalue weighted by atomic mass is 10.2. The third-order valence-corrected chi connectivity index (χ3v) is 4.44. The normalized spacial score (nSPS) is 11.2. The Balaban J connectivity index is 1.42. The molecule has 4 aromatic rings. The molecule has 0 spiro atoms. The quantitative estimate of drug-likeness (QED) is 0.510. The van der Waals surface area contributed by atoms with Crippen molar-refractivity contribution in [2.75, 3.05) is 24.3 Å². The number of amides is 1. The van der Waals surface area contributed by atoms with Crippen LogP contribution in [0, 0.1) is 0 Å². The van der Waals surface area contributed by atoms with Gasteiger partial charge in [0.15, 0.2) is 5.58 Å². The number of nitrogens with zero attached hydrogens (tertiary/aromatic N) is 4. The Labute approximate surface area is 168 Å². The molecule has 4 rings (SSSR count). The van der Waals surface area contributed by atoms with E-state index in [0.29, 0.717) is 23.8 Å². The van der Waals surface area contributed by atoms with E-state index in [-0.39, 0.29) is 5.91 Å². The van der Waals surface area contributed by atoms with E-state index in [1.807, 2.05) is 43.3 Å². The lowest BCUT2D eigenvalue weighted by molar-refractivity contribution is -0.111. The van der Waals surface area contributed by atoms with Crippen molar-refractivity contribution in [1.82, 2.24) is 14.8 Å². The van der Waals surface area contributed by atoms with E-state index in [1.54, 1.807) is 23.0 Å². The first-order valence-corrected chi connectivity index (χ1v) is 9.21. The van der Waals surface area contributed by atoms with Crippen LogP contribution in [0.1, 0.15) is 11.5 Å². The van der Waals surface area contributed by atoms with Crippen LogP contribution in [0.2, 0.25) is 0 Å². The van der Waals surface area contributed by atoms with E-state index < -0.39 is 0 Å². The molecule has 2 aromatic carbocycles. The number of aromatic nitrogens is 3. The maximum Gasteiger partial charge on any atom is 0.249 e. The summed E-state index contributed by atoms with van der Waals surface area (Å²) in [6, 6.07) is 17.4. The van der Waals surface area contributed by atoms with E-state index >= 15 is 0 Å². The van der Waals surface area contributed by atoms with Gasteiger partial charge in [-0.2, -0.15) is 5.10 Å². The Hall–Kier alpha value is -3.87. The maximum atomic E-state index is 12.3. The number of benzene rings is 2. The minimum absolute atomic E-state index is 0.281. The lowest BCUT2D eigenvalue weighted by Gasteiger charge is -2.13. The summed E-state index contributed by atoms with van der Waals surface area (Å²) >= 11 is 0. The van der Waals surface area contributed by atoms with Crippen LogP contribution in [0.25, 0.3) is 17.2 Å². The SMILES string of the molecule is CN(C)c1ccc(Cn2nccc2NC(=O)C=Cc2nc3ccccc3o2)cc1. The fraction of sp³-hybridized carbons (Fsp3) is 0.136. The summed E-state index contributed by atoms with van der Waals surface area (Å²) in [6.07, 6.45) is 4.61. The third kappa shape index (κ3) is 4.35. The predicted octanol–water partition coefficient (Wildman–Crippen LogP) is 3.79. The van der Waals surface area contributed by atoms with Crippen LogP contribution in [0.4, 0.5) is 11.5 Å². The zero-order valence-electron chi connectivity index (χ0n) is 16.2. The number of nitrogens with one attached hydrogen (secondary N) is 1. The zero-order valence-corrected chi connectivity index (χ0v) is 16.2.